The van der Waals surface area contributed by atoms with Crippen LogP contribution in [0.4, 0.5) is 5.69 Å². The number of aromatic nitrogens is 1. The van der Waals surface area contributed by atoms with E-state index in [4.69, 9.17) is 16.2 Å². The largest absolute Gasteiger partial charge is 0.508 e. The Morgan fingerprint density at radius 1 is 1.24 bits per heavy atom. The number of amides is 1. The fourth-order valence-electron chi connectivity index (χ4n) is 2.95. The third-order valence-electron chi connectivity index (χ3n) is 4.25. The lowest BCUT2D eigenvalue weighted by Crippen LogP contribution is -2.45. The number of carbonyl (C=O) groups excluding carboxylic acids is 1. The minimum absolute atomic E-state index is 0.0364. The zero-order chi connectivity index (χ0) is 21.1. The number of rotatable bonds is 6. The van der Waals surface area contributed by atoms with Crippen LogP contribution >= 0.6 is 0 Å². The Morgan fingerprint density at radius 3 is 2.66 bits per heavy atom. The summed E-state index contributed by atoms with van der Waals surface area (Å²) in [7, 11) is 0. The van der Waals surface area contributed by atoms with E-state index in [2.05, 4.69) is 10.3 Å². The van der Waals surface area contributed by atoms with Gasteiger partial charge in [0.25, 0.3) is 5.91 Å². The van der Waals surface area contributed by atoms with Crippen LogP contribution in [0.3, 0.4) is 0 Å². The summed E-state index contributed by atoms with van der Waals surface area (Å²) in [6, 6.07) is 10.9. The Bertz CT molecular complexity index is 1100. The molecule has 7 N–H and O–H groups in total. The average Bonchev–Trinajstić information content (AvgIpc) is 2.65. The summed E-state index contributed by atoms with van der Waals surface area (Å²) < 4.78 is 5.69. The molecule has 150 valence electrons. The minimum Gasteiger partial charge on any atom is -0.508 e. The molecule has 0 fully saturated rings. The monoisotopic (exact) mass is 396 g/mol. The Kier molecular flexibility index (Phi) is 5.51. The molecule has 3 rings (SSSR count). The molecule has 0 bridgehead atoms. The number of fused-ring (bicyclic) bond motifs is 1. The molecule has 0 aliphatic rings. The fourth-order valence-corrected chi connectivity index (χ4v) is 2.95. The molecule has 9 nitrogen and oxygen atoms in total. The maximum Gasteiger partial charge on any atom is 0.339 e. The maximum absolute atomic E-state index is 12.2. The number of nitrogens with zero attached hydrogens (tertiary/aromatic N) is 1. The third-order valence-corrected chi connectivity index (χ3v) is 4.25. The van der Waals surface area contributed by atoms with E-state index in [1.807, 2.05) is 0 Å². The van der Waals surface area contributed by atoms with Crippen LogP contribution in [0.15, 0.2) is 42.5 Å². The first-order chi connectivity index (χ1) is 13.8. The van der Waals surface area contributed by atoms with Crippen molar-refractivity contribution in [2.24, 2.45) is 5.73 Å². The van der Waals surface area contributed by atoms with Crippen molar-refractivity contribution in [2.75, 3.05) is 12.3 Å². The van der Waals surface area contributed by atoms with E-state index in [1.54, 1.807) is 31.2 Å². The summed E-state index contributed by atoms with van der Waals surface area (Å²) in [5.41, 5.74) is 13.0. The summed E-state index contributed by atoms with van der Waals surface area (Å²) in [6.07, 6.45) is -0.862. The number of nitrogens with two attached hydrogens (primary N) is 2. The van der Waals surface area contributed by atoms with Gasteiger partial charge in [-0.15, -0.1) is 0 Å². The molecule has 0 spiro atoms. The lowest BCUT2D eigenvalue weighted by Gasteiger charge is -2.17. The summed E-state index contributed by atoms with van der Waals surface area (Å²) in [5, 5.41) is 21.8. The molecule has 0 radical (unpaired) electrons. The summed E-state index contributed by atoms with van der Waals surface area (Å²) in [5.74, 6) is -1.39. The van der Waals surface area contributed by atoms with Crippen molar-refractivity contribution in [1.82, 2.24) is 10.3 Å². The molecule has 0 aliphatic carbocycles. The van der Waals surface area contributed by atoms with E-state index < -0.39 is 18.0 Å². The van der Waals surface area contributed by atoms with Gasteiger partial charge in [-0.25, -0.2) is 4.79 Å². The van der Waals surface area contributed by atoms with Gasteiger partial charge in [0, 0.05) is 5.56 Å². The molecule has 1 heterocycles. The van der Waals surface area contributed by atoms with Crippen LogP contribution in [0.25, 0.3) is 10.9 Å². The van der Waals surface area contributed by atoms with Crippen LogP contribution < -0.4 is 21.5 Å². The van der Waals surface area contributed by atoms with Gasteiger partial charge in [-0.3, -0.25) is 9.78 Å². The molecular formula is C20H20N4O5. The molecule has 1 aromatic heterocycles. The van der Waals surface area contributed by atoms with E-state index >= 15 is 0 Å². The number of benzene rings is 2. The van der Waals surface area contributed by atoms with Gasteiger partial charge in [0.05, 0.1) is 22.3 Å². The predicted octanol–water partition coefficient (Wildman–Crippen LogP) is 1.62. The van der Waals surface area contributed by atoms with Gasteiger partial charge in [0.15, 0.2) is 0 Å². The van der Waals surface area contributed by atoms with Crippen molar-refractivity contribution >= 4 is 28.5 Å². The molecular weight excluding hydrogens is 376 g/mol. The van der Waals surface area contributed by atoms with Crippen molar-refractivity contribution in [1.29, 1.82) is 0 Å². The molecule has 9 heteroatoms. The highest BCUT2D eigenvalue weighted by molar-refractivity contribution is 6.06. The summed E-state index contributed by atoms with van der Waals surface area (Å²) >= 11 is 0. The van der Waals surface area contributed by atoms with Crippen LogP contribution in [0, 0.1) is 6.92 Å². The van der Waals surface area contributed by atoms with E-state index in [1.165, 1.54) is 18.2 Å². The second-order valence-corrected chi connectivity index (χ2v) is 6.38. The van der Waals surface area contributed by atoms with Gasteiger partial charge >= 0.3 is 5.97 Å². The first-order valence-electron chi connectivity index (χ1n) is 8.68. The number of nitrogen functional groups attached to an aromatic ring is 1. The standard InChI is InChI=1S/C20H20N4O5/c1-10-16(20(27)28)18(22)17-13(23-10)6-3-7-14(17)29-9-15(21)24-19(26)11-4-2-5-12(25)8-11/h2-8,15,25H,9,21H2,1H3,(H2,22,23)(H,24,26)(H,27,28). The molecule has 0 saturated carbocycles. The molecule has 3 aromatic rings. The number of pyridine rings is 1. The van der Waals surface area contributed by atoms with Gasteiger partial charge in [0.2, 0.25) is 0 Å². The normalized spacial score (nSPS) is 11.8. The highest BCUT2D eigenvalue weighted by Gasteiger charge is 2.19. The SMILES string of the molecule is Cc1nc2cccc(OCC(N)NC(=O)c3cccc(O)c3)c2c(N)c1C(=O)O. The summed E-state index contributed by atoms with van der Waals surface area (Å²) in [4.78, 5) is 28.0. The third kappa shape index (κ3) is 4.19. The number of carboxylic acid groups (broad SMARTS) is 1. The molecule has 1 atom stereocenters. The number of nitrogens with one attached hydrogen (secondary N) is 1. The molecule has 1 amide bonds. The summed E-state index contributed by atoms with van der Waals surface area (Å²) in [6.45, 7) is 1.47. The van der Waals surface area contributed by atoms with Gasteiger partial charge in [-0.1, -0.05) is 12.1 Å². The number of hydrogen-bond donors (Lipinski definition) is 5. The molecule has 1 unspecified atom stereocenters. The van der Waals surface area contributed by atoms with Crippen LogP contribution in [-0.4, -0.2) is 39.8 Å². The number of hydrogen-bond acceptors (Lipinski definition) is 7. The first-order valence-corrected chi connectivity index (χ1v) is 8.68. The van der Waals surface area contributed by atoms with Crippen molar-refractivity contribution in [3.05, 3.63) is 59.3 Å². The molecule has 0 saturated heterocycles. The molecule has 0 aliphatic heterocycles. The zero-order valence-corrected chi connectivity index (χ0v) is 15.5. The number of anilines is 1. The van der Waals surface area contributed by atoms with Crippen LogP contribution in [0.2, 0.25) is 0 Å². The predicted molar refractivity (Wildman–Crippen MR) is 107 cm³/mol. The van der Waals surface area contributed by atoms with Gasteiger partial charge < -0.3 is 31.7 Å². The van der Waals surface area contributed by atoms with Crippen LogP contribution in [0.1, 0.15) is 26.4 Å². The second kappa shape index (κ2) is 8.03. The molecule has 29 heavy (non-hydrogen) atoms. The lowest BCUT2D eigenvalue weighted by molar-refractivity contribution is 0.0696. The Hall–Kier alpha value is -3.85. The van der Waals surface area contributed by atoms with E-state index in [0.717, 1.165) is 0 Å². The van der Waals surface area contributed by atoms with E-state index in [-0.39, 0.29) is 29.2 Å². The van der Waals surface area contributed by atoms with E-state index in [0.29, 0.717) is 22.3 Å². The zero-order valence-electron chi connectivity index (χ0n) is 15.5. The average molecular weight is 396 g/mol. The van der Waals surface area contributed by atoms with Crippen LogP contribution in [0.5, 0.6) is 11.5 Å². The van der Waals surface area contributed by atoms with E-state index in [9.17, 15) is 19.8 Å². The molecule has 2 aromatic carbocycles. The van der Waals surface area contributed by atoms with Crippen molar-refractivity contribution in [3.63, 3.8) is 0 Å². The number of carbonyl (C=O) groups is 2. The van der Waals surface area contributed by atoms with Gasteiger partial charge in [0.1, 0.15) is 29.8 Å². The number of ether oxygens (including phenoxy) is 1. The van der Waals surface area contributed by atoms with Crippen LogP contribution in [-0.2, 0) is 0 Å². The van der Waals surface area contributed by atoms with Crippen molar-refractivity contribution < 1.29 is 24.5 Å². The lowest BCUT2D eigenvalue weighted by atomic mass is 10.1. The Balaban J connectivity index is 1.79. The Morgan fingerprint density at radius 2 is 1.97 bits per heavy atom. The highest BCUT2D eigenvalue weighted by atomic mass is 16.5. The number of carboxylic acids is 1. The first kappa shape index (κ1) is 19.9. The second-order valence-electron chi connectivity index (χ2n) is 6.38. The Labute approximate surface area is 165 Å². The maximum atomic E-state index is 12.2. The highest BCUT2D eigenvalue weighted by Crippen LogP contribution is 2.33. The number of aromatic hydroxyl groups is 1. The number of phenols is 1. The minimum atomic E-state index is -1.18. The van der Waals surface area contributed by atoms with Crippen molar-refractivity contribution in [3.8, 4) is 11.5 Å². The van der Waals surface area contributed by atoms with Gasteiger partial charge in [-0.05, 0) is 37.3 Å². The fraction of sp³-hybridized carbons (Fsp3) is 0.150. The number of phenolic OH excluding ortho intramolecular Hbond substituents is 1. The smallest absolute Gasteiger partial charge is 0.339 e. The topological polar surface area (TPSA) is 161 Å². The number of aromatic carboxylic acids is 1. The van der Waals surface area contributed by atoms with Gasteiger partial charge in [-0.2, -0.15) is 0 Å². The van der Waals surface area contributed by atoms with Crippen molar-refractivity contribution in [2.45, 2.75) is 13.1 Å². The quantitative estimate of drug-likeness (QED) is 0.393. The number of aryl methyl sites for hydroxylation is 1.